The van der Waals surface area contributed by atoms with E-state index < -0.39 is 60.8 Å². The number of cyclic esters (lactones) is 1. The van der Waals surface area contributed by atoms with Crippen molar-refractivity contribution >= 4 is 17.4 Å². The average molecular weight is 899 g/mol. The highest BCUT2D eigenvalue weighted by molar-refractivity contribution is 5.99. The Morgan fingerprint density at radius 3 is 2.27 bits per heavy atom. The molecule has 2 saturated carbocycles. The lowest BCUT2D eigenvalue weighted by molar-refractivity contribution is -0.314. The Bertz CT molecular complexity index is 1750. The summed E-state index contributed by atoms with van der Waals surface area (Å²) in [5, 5.41) is 16.3. The SMILES string of the molecule is CC[C@H]1CCC[C@H](O[C@H]2CC[C@H](N(C)C)C(C)O2)[C@@H](C)C(=O)C2=C[C@H]3[C@@H]4C[C@H](O[C@@H]5OC(C)[C@H](OC)C(OC)[C@@H]5OC)C[C@H]4C(N/C=C(\N)c4ccccc4)C(O)[C@H]3[C@@H]2CC(=O)O1.N. The van der Waals surface area contributed by atoms with Gasteiger partial charge in [-0.25, -0.2) is 0 Å². The van der Waals surface area contributed by atoms with Gasteiger partial charge in [-0.1, -0.05) is 50.3 Å². The lowest BCUT2D eigenvalue weighted by Gasteiger charge is -2.47. The van der Waals surface area contributed by atoms with Crippen LogP contribution in [0.15, 0.2) is 48.2 Å². The van der Waals surface area contributed by atoms with Gasteiger partial charge >= 0.3 is 5.97 Å². The summed E-state index contributed by atoms with van der Waals surface area (Å²) in [6.45, 7) is 8.02. The van der Waals surface area contributed by atoms with Crippen molar-refractivity contribution in [2.75, 3.05) is 35.4 Å². The molecule has 15 heteroatoms. The van der Waals surface area contributed by atoms with Gasteiger partial charge in [0.1, 0.15) is 24.4 Å². The molecule has 64 heavy (non-hydrogen) atoms. The second kappa shape index (κ2) is 22.2. The molecule has 1 aromatic rings. The Balaban J connectivity index is 0.00000680. The zero-order chi connectivity index (χ0) is 45.1. The number of aliphatic hydroxyl groups is 1. The van der Waals surface area contributed by atoms with Crippen molar-refractivity contribution in [2.45, 2.75) is 165 Å². The summed E-state index contributed by atoms with van der Waals surface area (Å²) in [6.07, 6.45) is 4.86. The molecule has 360 valence electrons. The standard InChI is InChI=1S/C49H75N3O11.H3N/c1-10-30-17-14-18-39(63-41-20-19-38(52(5)6)27(3)59-41)26(2)44(54)36-23-33-32-21-31(62-49-48(58-9)47(57-8)46(56-7)28(4)60-49)22-35(32)43(45(55)42(33)34(36)24-40(53)61-30)51-25-37(50)29-15-12-11-13-16-29;/h11-13,15-16,23,25-28,30-35,38-39,41-43,45-49,51,55H,10,14,17-22,24,50H2,1-9H3;1H3/b37-25-;/t26-,27?,28?,30+,31+,32+,33+,34-,35-,38+,39+,41+,42-,43?,45?,46+,47?,48+,49+;/m1./s1. The minimum atomic E-state index is -0.939. The number of hydrogen-bond acceptors (Lipinski definition) is 15. The van der Waals surface area contributed by atoms with Gasteiger partial charge in [-0.15, -0.1) is 0 Å². The fourth-order valence-electron chi connectivity index (χ4n) is 12.1. The van der Waals surface area contributed by atoms with Crippen LogP contribution < -0.4 is 17.2 Å². The zero-order valence-corrected chi connectivity index (χ0v) is 39.6. The Morgan fingerprint density at radius 1 is 0.906 bits per heavy atom. The van der Waals surface area contributed by atoms with Gasteiger partial charge in [0.25, 0.3) is 0 Å². The highest BCUT2D eigenvalue weighted by atomic mass is 16.7. The molecule has 5 unspecified atom stereocenters. The van der Waals surface area contributed by atoms with E-state index >= 15 is 4.79 Å². The fourth-order valence-corrected chi connectivity index (χ4v) is 12.1. The van der Waals surface area contributed by atoms with Gasteiger partial charge in [0.05, 0.1) is 48.7 Å². The molecule has 7 rings (SSSR count). The first-order chi connectivity index (χ1) is 30.3. The molecule has 0 radical (unpaired) electrons. The number of benzene rings is 1. The van der Waals surface area contributed by atoms with E-state index in [0.717, 1.165) is 24.8 Å². The summed E-state index contributed by atoms with van der Waals surface area (Å²) in [5.74, 6) is -2.20. The number of nitrogens with two attached hydrogens (primary N) is 1. The number of allylic oxidation sites excluding steroid dienone is 2. The van der Waals surface area contributed by atoms with E-state index in [4.69, 9.17) is 43.6 Å². The van der Waals surface area contributed by atoms with Crippen molar-refractivity contribution in [3.8, 4) is 0 Å². The van der Waals surface area contributed by atoms with Gasteiger partial charge in [-0.3, -0.25) is 9.59 Å². The number of aliphatic hydroxyl groups excluding tert-OH is 1. The van der Waals surface area contributed by atoms with Gasteiger partial charge in [0, 0.05) is 51.3 Å². The molecule has 0 bridgehead atoms. The van der Waals surface area contributed by atoms with Crippen LogP contribution >= 0.6 is 0 Å². The second-order valence-corrected chi connectivity index (χ2v) is 19.3. The first-order valence-corrected chi connectivity index (χ1v) is 23.5. The number of esters is 1. The number of ketones is 1. The number of carbonyl (C=O) groups is 2. The molecular weight excluding hydrogens is 821 g/mol. The van der Waals surface area contributed by atoms with E-state index in [0.29, 0.717) is 43.4 Å². The van der Waals surface area contributed by atoms with Crippen LogP contribution in [0.3, 0.4) is 0 Å². The predicted octanol–water partition coefficient (Wildman–Crippen LogP) is 5.37. The van der Waals surface area contributed by atoms with Crippen molar-refractivity contribution in [3.63, 3.8) is 0 Å². The maximum Gasteiger partial charge on any atom is 0.306 e. The van der Waals surface area contributed by atoms with Crippen molar-refractivity contribution in [3.05, 3.63) is 53.7 Å². The van der Waals surface area contributed by atoms with E-state index in [1.165, 1.54) is 0 Å². The largest absolute Gasteiger partial charge is 0.462 e. The first kappa shape index (κ1) is 50.5. The third kappa shape index (κ3) is 10.6. The highest BCUT2D eigenvalue weighted by Crippen LogP contribution is 2.57. The fraction of sp³-hybridized carbons (Fsp3) is 0.755. The molecule has 3 saturated heterocycles. The molecule has 0 spiro atoms. The minimum absolute atomic E-state index is 0. The maximum atomic E-state index is 15.1. The molecule has 3 aliphatic heterocycles. The van der Waals surface area contributed by atoms with Crippen LogP contribution in [0.4, 0.5) is 0 Å². The summed E-state index contributed by atoms with van der Waals surface area (Å²) in [7, 11) is 9.04. The lowest BCUT2D eigenvalue weighted by atomic mass is 9.62. The molecule has 0 amide bonds. The van der Waals surface area contributed by atoms with Crippen LogP contribution in [-0.4, -0.2) is 137 Å². The molecule has 0 aromatic heterocycles. The van der Waals surface area contributed by atoms with Crippen LogP contribution in [0.2, 0.25) is 0 Å². The second-order valence-electron chi connectivity index (χ2n) is 19.3. The van der Waals surface area contributed by atoms with Gasteiger partial charge in [0.15, 0.2) is 18.4 Å². The Labute approximate surface area is 381 Å². The summed E-state index contributed by atoms with van der Waals surface area (Å²) in [6, 6.07) is 9.53. The number of carbonyl (C=O) groups excluding carboxylic acids is 2. The third-order valence-corrected chi connectivity index (χ3v) is 15.4. The van der Waals surface area contributed by atoms with Crippen molar-refractivity contribution in [1.82, 2.24) is 16.4 Å². The number of ether oxygens (including phenoxy) is 8. The number of nitrogens with zero attached hydrogens (tertiary/aromatic N) is 1. The number of methoxy groups -OCH3 is 3. The number of nitrogens with one attached hydrogen (secondary N) is 1. The molecule has 19 atom stereocenters. The van der Waals surface area contributed by atoms with Crippen LogP contribution in [0.25, 0.3) is 5.70 Å². The van der Waals surface area contributed by atoms with Crippen LogP contribution in [-0.2, 0) is 47.5 Å². The minimum Gasteiger partial charge on any atom is -0.462 e. The smallest absolute Gasteiger partial charge is 0.306 e. The molecule has 3 aliphatic carbocycles. The Morgan fingerprint density at radius 2 is 1.61 bits per heavy atom. The zero-order valence-electron chi connectivity index (χ0n) is 39.6. The van der Waals surface area contributed by atoms with Gasteiger partial charge in [-0.2, -0.15) is 0 Å². The number of hydrogen-bond donors (Lipinski definition) is 4. The van der Waals surface area contributed by atoms with Crippen molar-refractivity contribution in [1.29, 1.82) is 0 Å². The van der Waals surface area contributed by atoms with E-state index in [1.807, 2.05) is 51.1 Å². The molecule has 6 aliphatic rings. The van der Waals surface area contributed by atoms with Crippen LogP contribution in [0.1, 0.15) is 91.0 Å². The molecule has 3 heterocycles. The average Bonchev–Trinajstić information content (AvgIpc) is 3.86. The summed E-state index contributed by atoms with van der Waals surface area (Å²) in [4.78, 5) is 31.3. The van der Waals surface area contributed by atoms with E-state index in [2.05, 4.69) is 37.3 Å². The number of fused-ring (bicyclic) bond motifs is 5. The van der Waals surface area contributed by atoms with E-state index in [1.54, 1.807) is 27.5 Å². The predicted molar refractivity (Wildman–Crippen MR) is 242 cm³/mol. The summed E-state index contributed by atoms with van der Waals surface area (Å²) in [5.41, 5.74) is 8.61. The summed E-state index contributed by atoms with van der Waals surface area (Å²) < 4.78 is 50.2. The molecule has 5 fully saturated rings. The number of Topliss-reactive ketones (excluding diaryl/α,β-unsaturated/α-hetero) is 1. The monoisotopic (exact) mass is 899 g/mol. The number of likely N-dealkylation sites (N-methyl/N-ethyl adjacent to an activating group) is 1. The normalized spacial score (nSPS) is 42.0. The molecule has 1 aromatic carbocycles. The lowest BCUT2D eigenvalue weighted by Crippen LogP contribution is -2.59. The van der Waals surface area contributed by atoms with Crippen molar-refractivity contribution in [2.24, 2.45) is 41.2 Å². The van der Waals surface area contributed by atoms with Crippen LogP contribution in [0.5, 0.6) is 0 Å². The van der Waals surface area contributed by atoms with E-state index in [-0.39, 0.29) is 78.6 Å². The quantitative estimate of drug-likeness (QED) is 0.195. The Kier molecular flexibility index (Phi) is 17.5. The maximum absolute atomic E-state index is 15.1. The Hall–Kier alpha value is -2.96. The van der Waals surface area contributed by atoms with Crippen molar-refractivity contribution < 1.29 is 52.6 Å². The van der Waals surface area contributed by atoms with Crippen LogP contribution in [0, 0.1) is 35.5 Å². The summed E-state index contributed by atoms with van der Waals surface area (Å²) >= 11 is 0. The third-order valence-electron chi connectivity index (χ3n) is 15.4. The van der Waals surface area contributed by atoms with Gasteiger partial charge in [0.2, 0.25) is 0 Å². The first-order valence-electron chi connectivity index (χ1n) is 23.5. The molecular formula is C49H78N4O11. The van der Waals surface area contributed by atoms with Gasteiger partial charge in [-0.05, 0) is 108 Å². The van der Waals surface area contributed by atoms with E-state index in [9.17, 15) is 9.90 Å². The van der Waals surface area contributed by atoms with Gasteiger partial charge < -0.3 is 65.1 Å². The topological polar surface area (TPSA) is 204 Å². The highest BCUT2D eigenvalue weighted by Gasteiger charge is 2.60. The molecule has 7 N–H and O–H groups in total. The molecule has 15 nitrogen and oxygen atoms in total. The number of rotatable bonds is 12.